The lowest BCUT2D eigenvalue weighted by atomic mass is 10.1. The quantitative estimate of drug-likeness (QED) is 0.604. The Kier molecular flexibility index (Phi) is 5.30. The van der Waals surface area contributed by atoms with Crippen LogP contribution in [0.5, 0.6) is 0 Å². The number of imide groups is 1. The largest absolute Gasteiger partial charge is 0.467 e. The van der Waals surface area contributed by atoms with Gasteiger partial charge in [-0.1, -0.05) is 0 Å². The summed E-state index contributed by atoms with van der Waals surface area (Å²) in [6.45, 7) is 5.06. The third-order valence-corrected chi connectivity index (χ3v) is 4.18. The van der Waals surface area contributed by atoms with E-state index in [0.717, 1.165) is 4.90 Å². The number of nitrogens with zero attached hydrogens (tertiary/aromatic N) is 1. The molecule has 1 atom stereocenters. The standard InChI is InChI=1S/C20H20N2O6/c1-11(2)21-17(23)12(3)28-20(26)13-6-7-15-16(9-13)19(25)22(18(15)24)10-14-5-4-8-27-14/h4-9,11-12H,10H2,1-3H3,(H,21,23). The highest BCUT2D eigenvalue weighted by Crippen LogP contribution is 2.26. The molecule has 0 saturated carbocycles. The molecule has 1 N–H and O–H groups in total. The molecule has 1 unspecified atom stereocenters. The van der Waals surface area contributed by atoms with Crippen molar-refractivity contribution in [3.8, 4) is 0 Å². The summed E-state index contributed by atoms with van der Waals surface area (Å²) >= 11 is 0. The summed E-state index contributed by atoms with van der Waals surface area (Å²) in [5.41, 5.74) is 0.410. The van der Waals surface area contributed by atoms with E-state index < -0.39 is 29.8 Å². The molecule has 1 aliphatic heterocycles. The molecule has 2 heterocycles. The third kappa shape index (κ3) is 3.80. The van der Waals surface area contributed by atoms with Crippen LogP contribution in [-0.2, 0) is 16.1 Å². The van der Waals surface area contributed by atoms with Crippen molar-refractivity contribution < 1.29 is 28.3 Å². The number of ether oxygens (including phenoxy) is 1. The second kappa shape index (κ2) is 7.67. The lowest BCUT2D eigenvalue weighted by molar-refractivity contribution is -0.129. The summed E-state index contributed by atoms with van der Waals surface area (Å²) in [5.74, 6) is -1.67. The summed E-state index contributed by atoms with van der Waals surface area (Å²) in [6.07, 6.45) is 0.467. The van der Waals surface area contributed by atoms with Crippen LogP contribution >= 0.6 is 0 Å². The maximum atomic E-state index is 12.6. The number of carbonyl (C=O) groups is 4. The van der Waals surface area contributed by atoms with Crippen molar-refractivity contribution >= 4 is 23.7 Å². The number of fused-ring (bicyclic) bond motifs is 1. The Labute approximate surface area is 161 Å². The number of benzene rings is 1. The Balaban J connectivity index is 1.75. The van der Waals surface area contributed by atoms with Gasteiger partial charge in [-0.15, -0.1) is 0 Å². The highest BCUT2D eigenvalue weighted by Gasteiger charge is 2.36. The number of rotatable bonds is 6. The fraction of sp³-hybridized carbons (Fsp3) is 0.300. The van der Waals surface area contributed by atoms with Crippen molar-refractivity contribution in [1.82, 2.24) is 10.2 Å². The molecule has 8 heteroatoms. The van der Waals surface area contributed by atoms with Gasteiger partial charge < -0.3 is 14.5 Å². The van der Waals surface area contributed by atoms with Crippen LogP contribution in [0.4, 0.5) is 0 Å². The maximum absolute atomic E-state index is 12.6. The fourth-order valence-electron chi connectivity index (χ4n) is 2.80. The number of nitrogens with one attached hydrogen (secondary N) is 1. The predicted molar refractivity (Wildman–Crippen MR) is 97.5 cm³/mol. The first-order valence-electron chi connectivity index (χ1n) is 8.82. The summed E-state index contributed by atoms with van der Waals surface area (Å²) in [5, 5.41) is 2.65. The van der Waals surface area contributed by atoms with Crippen LogP contribution in [0.15, 0.2) is 41.0 Å². The van der Waals surface area contributed by atoms with Gasteiger partial charge in [0.1, 0.15) is 5.76 Å². The van der Waals surface area contributed by atoms with Crippen LogP contribution in [0.3, 0.4) is 0 Å². The minimum absolute atomic E-state index is 0.00549. The van der Waals surface area contributed by atoms with Gasteiger partial charge in [-0.3, -0.25) is 19.3 Å². The van der Waals surface area contributed by atoms with Crippen molar-refractivity contribution in [3.05, 3.63) is 59.0 Å². The number of carbonyl (C=O) groups excluding carboxylic acids is 4. The number of esters is 1. The molecule has 1 aromatic heterocycles. The number of amides is 3. The van der Waals surface area contributed by atoms with E-state index in [9.17, 15) is 19.2 Å². The van der Waals surface area contributed by atoms with E-state index in [-0.39, 0.29) is 29.3 Å². The summed E-state index contributed by atoms with van der Waals surface area (Å²) in [4.78, 5) is 50.4. The molecule has 146 valence electrons. The van der Waals surface area contributed by atoms with Crippen LogP contribution in [-0.4, -0.2) is 40.7 Å². The van der Waals surface area contributed by atoms with E-state index in [2.05, 4.69) is 5.32 Å². The van der Waals surface area contributed by atoms with Crippen molar-refractivity contribution in [1.29, 1.82) is 0 Å². The van der Waals surface area contributed by atoms with Crippen molar-refractivity contribution in [2.75, 3.05) is 0 Å². The first-order chi connectivity index (χ1) is 13.3. The van der Waals surface area contributed by atoms with Crippen molar-refractivity contribution in [3.63, 3.8) is 0 Å². The van der Waals surface area contributed by atoms with E-state index in [1.54, 1.807) is 26.0 Å². The van der Waals surface area contributed by atoms with E-state index in [1.165, 1.54) is 31.4 Å². The van der Waals surface area contributed by atoms with Crippen LogP contribution in [0.1, 0.15) is 57.6 Å². The first-order valence-corrected chi connectivity index (χ1v) is 8.82. The fourth-order valence-corrected chi connectivity index (χ4v) is 2.80. The molecular formula is C20H20N2O6. The molecule has 1 aromatic carbocycles. The Morgan fingerprint density at radius 3 is 2.46 bits per heavy atom. The molecule has 0 aliphatic carbocycles. The van der Waals surface area contributed by atoms with Crippen LogP contribution < -0.4 is 5.32 Å². The molecule has 1 aliphatic rings. The van der Waals surface area contributed by atoms with E-state index in [4.69, 9.17) is 9.15 Å². The second-order valence-electron chi connectivity index (χ2n) is 6.75. The highest BCUT2D eigenvalue weighted by atomic mass is 16.5. The zero-order chi connectivity index (χ0) is 20.4. The molecule has 0 bridgehead atoms. The minimum Gasteiger partial charge on any atom is -0.467 e. The molecule has 8 nitrogen and oxygen atoms in total. The van der Waals surface area contributed by atoms with Gasteiger partial charge in [0.15, 0.2) is 6.10 Å². The molecular weight excluding hydrogens is 364 g/mol. The van der Waals surface area contributed by atoms with Gasteiger partial charge in [0.2, 0.25) is 0 Å². The maximum Gasteiger partial charge on any atom is 0.338 e. The molecule has 0 radical (unpaired) electrons. The molecule has 0 fully saturated rings. The van der Waals surface area contributed by atoms with Gasteiger partial charge in [-0.2, -0.15) is 0 Å². The Hall–Kier alpha value is -3.42. The molecule has 2 aromatic rings. The third-order valence-electron chi connectivity index (χ3n) is 4.18. The lowest BCUT2D eigenvalue weighted by Gasteiger charge is -2.15. The minimum atomic E-state index is -0.990. The normalized spacial score (nSPS) is 14.2. The number of hydrogen-bond donors (Lipinski definition) is 1. The first kappa shape index (κ1) is 19.3. The highest BCUT2D eigenvalue weighted by molar-refractivity contribution is 6.21. The van der Waals surface area contributed by atoms with Gasteiger partial charge in [-0.25, -0.2) is 4.79 Å². The smallest absolute Gasteiger partial charge is 0.338 e. The Morgan fingerprint density at radius 2 is 1.82 bits per heavy atom. The molecule has 3 rings (SSSR count). The molecule has 0 spiro atoms. The van der Waals surface area contributed by atoms with Gasteiger partial charge in [0.25, 0.3) is 17.7 Å². The van der Waals surface area contributed by atoms with E-state index in [0.29, 0.717) is 5.76 Å². The van der Waals surface area contributed by atoms with Gasteiger partial charge in [0, 0.05) is 6.04 Å². The topological polar surface area (TPSA) is 106 Å². The summed E-state index contributed by atoms with van der Waals surface area (Å²) in [7, 11) is 0. The van der Waals surface area contributed by atoms with Crippen LogP contribution in [0, 0.1) is 0 Å². The summed E-state index contributed by atoms with van der Waals surface area (Å²) in [6, 6.07) is 7.36. The van der Waals surface area contributed by atoms with E-state index >= 15 is 0 Å². The number of furan rings is 1. The molecule has 0 saturated heterocycles. The van der Waals surface area contributed by atoms with Crippen LogP contribution in [0.2, 0.25) is 0 Å². The average Bonchev–Trinajstić information content (AvgIpc) is 3.24. The SMILES string of the molecule is CC(C)NC(=O)C(C)OC(=O)c1ccc2c(c1)C(=O)N(Cc1ccco1)C2=O. The van der Waals surface area contributed by atoms with Crippen molar-refractivity contribution in [2.24, 2.45) is 0 Å². The van der Waals surface area contributed by atoms with Crippen molar-refractivity contribution in [2.45, 2.75) is 39.5 Å². The van der Waals surface area contributed by atoms with Gasteiger partial charge >= 0.3 is 5.97 Å². The van der Waals surface area contributed by atoms with Crippen LogP contribution in [0.25, 0.3) is 0 Å². The Bertz CT molecular complexity index is 932. The number of hydrogen-bond acceptors (Lipinski definition) is 6. The molecule has 28 heavy (non-hydrogen) atoms. The monoisotopic (exact) mass is 384 g/mol. The van der Waals surface area contributed by atoms with Gasteiger partial charge in [-0.05, 0) is 51.1 Å². The Morgan fingerprint density at radius 1 is 1.11 bits per heavy atom. The van der Waals surface area contributed by atoms with Gasteiger partial charge in [0.05, 0.1) is 29.5 Å². The summed E-state index contributed by atoms with van der Waals surface area (Å²) < 4.78 is 10.3. The molecule has 3 amide bonds. The average molecular weight is 384 g/mol. The zero-order valence-electron chi connectivity index (χ0n) is 15.7. The zero-order valence-corrected chi connectivity index (χ0v) is 15.7. The lowest BCUT2D eigenvalue weighted by Crippen LogP contribution is -2.39. The van der Waals surface area contributed by atoms with E-state index in [1.807, 2.05) is 0 Å². The second-order valence-corrected chi connectivity index (χ2v) is 6.75. The predicted octanol–water partition coefficient (Wildman–Crippen LogP) is 2.15.